The number of benzene rings is 1. The molecule has 1 aliphatic heterocycles. The van der Waals surface area contributed by atoms with Gasteiger partial charge < -0.3 is 15.1 Å². The van der Waals surface area contributed by atoms with Gasteiger partial charge in [-0.05, 0) is 31.5 Å². The summed E-state index contributed by atoms with van der Waals surface area (Å²) in [4.78, 5) is 5.22. The lowest BCUT2D eigenvalue weighted by molar-refractivity contribution is 0.128. The molecule has 1 fully saturated rings. The average Bonchev–Trinajstić information content (AvgIpc) is 2.54. The first-order valence-corrected chi connectivity index (χ1v) is 8.56. The lowest BCUT2D eigenvalue weighted by atomic mass is 10.0. The third-order valence-corrected chi connectivity index (χ3v) is 4.39. The molecule has 1 N–H and O–H groups in total. The predicted molar refractivity (Wildman–Crippen MR) is 90.6 cm³/mol. The van der Waals surface area contributed by atoms with Gasteiger partial charge in [0.15, 0.2) is 0 Å². The Morgan fingerprint density at radius 3 is 2.14 bits per heavy atom. The second kappa shape index (κ2) is 9.19. The molecule has 21 heavy (non-hydrogen) atoms. The molecule has 0 bridgehead atoms. The van der Waals surface area contributed by atoms with Crippen LogP contribution in [0.1, 0.15) is 38.3 Å². The van der Waals surface area contributed by atoms with E-state index in [4.69, 9.17) is 0 Å². The Labute approximate surface area is 130 Å². The molecule has 1 aromatic rings. The van der Waals surface area contributed by atoms with Crippen LogP contribution in [-0.2, 0) is 0 Å². The Morgan fingerprint density at radius 2 is 1.57 bits per heavy atom. The first-order valence-electron chi connectivity index (χ1n) is 8.56. The third-order valence-electron chi connectivity index (χ3n) is 4.39. The largest absolute Gasteiger partial charge is 0.310 e. The van der Waals surface area contributed by atoms with Crippen molar-refractivity contribution in [1.29, 1.82) is 0 Å². The molecule has 1 unspecified atom stereocenters. The molecule has 0 aliphatic carbocycles. The predicted octanol–water partition coefficient (Wildman–Crippen LogP) is 2.75. The van der Waals surface area contributed by atoms with Crippen molar-refractivity contribution in [3.63, 3.8) is 0 Å². The van der Waals surface area contributed by atoms with Crippen LogP contribution in [0.15, 0.2) is 30.3 Å². The zero-order valence-corrected chi connectivity index (χ0v) is 13.7. The van der Waals surface area contributed by atoms with Crippen LogP contribution in [0.5, 0.6) is 0 Å². The third kappa shape index (κ3) is 5.42. The minimum absolute atomic E-state index is 0.491. The minimum Gasteiger partial charge on any atom is -0.310 e. The van der Waals surface area contributed by atoms with E-state index < -0.39 is 0 Å². The van der Waals surface area contributed by atoms with Gasteiger partial charge in [-0.1, -0.05) is 44.2 Å². The lowest BCUT2D eigenvalue weighted by Crippen LogP contribution is -2.47. The SMILES string of the molecule is CCCN1CCN(CCC(NCC)c2ccccc2)CC1. The van der Waals surface area contributed by atoms with Gasteiger partial charge in [0.25, 0.3) is 0 Å². The summed E-state index contributed by atoms with van der Waals surface area (Å²) in [6.45, 7) is 12.9. The van der Waals surface area contributed by atoms with E-state index in [1.54, 1.807) is 0 Å². The maximum Gasteiger partial charge on any atom is 0.0332 e. The summed E-state index contributed by atoms with van der Waals surface area (Å²) in [5.74, 6) is 0. The molecular formula is C18H31N3. The van der Waals surface area contributed by atoms with E-state index in [9.17, 15) is 0 Å². The fourth-order valence-corrected chi connectivity index (χ4v) is 3.18. The summed E-state index contributed by atoms with van der Waals surface area (Å²) < 4.78 is 0. The standard InChI is InChI=1S/C18H31N3/c1-3-11-20-13-15-21(16-14-20)12-10-18(19-4-2)17-8-6-5-7-9-17/h5-9,18-19H,3-4,10-16H2,1-2H3. The lowest BCUT2D eigenvalue weighted by Gasteiger charge is -2.35. The van der Waals surface area contributed by atoms with Gasteiger partial charge in [-0.2, -0.15) is 0 Å². The monoisotopic (exact) mass is 289 g/mol. The number of nitrogens with zero attached hydrogens (tertiary/aromatic N) is 2. The number of piperazine rings is 1. The van der Waals surface area contributed by atoms with Crippen molar-refractivity contribution in [2.45, 2.75) is 32.7 Å². The van der Waals surface area contributed by atoms with Crippen LogP contribution >= 0.6 is 0 Å². The Hall–Kier alpha value is -0.900. The van der Waals surface area contributed by atoms with E-state index in [1.807, 2.05) is 0 Å². The molecule has 118 valence electrons. The summed E-state index contributed by atoms with van der Waals surface area (Å²) in [6.07, 6.45) is 2.47. The fourth-order valence-electron chi connectivity index (χ4n) is 3.18. The van der Waals surface area contributed by atoms with E-state index >= 15 is 0 Å². The molecule has 3 nitrogen and oxygen atoms in total. The summed E-state index contributed by atoms with van der Waals surface area (Å²) in [5.41, 5.74) is 1.42. The summed E-state index contributed by atoms with van der Waals surface area (Å²) in [6, 6.07) is 11.4. The van der Waals surface area contributed by atoms with Crippen molar-refractivity contribution in [3.05, 3.63) is 35.9 Å². The van der Waals surface area contributed by atoms with E-state index in [-0.39, 0.29) is 0 Å². The molecule has 1 aliphatic rings. The molecule has 0 aromatic heterocycles. The second-order valence-electron chi connectivity index (χ2n) is 5.99. The van der Waals surface area contributed by atoms with Crippen LogP contribution in [0.4, 0.5) is 0 Å². The average molecular weight is 289 g/mol. The zero-order valence-electron chi connectivity index (χ0n) is 13.7. The van der Waals surface area contributed by atoms with E-state index in [0.717, 1.165) is 6.54 Å². The molecule has 1 aromatic carbocycles. The Morgan fingerprint density at radius 1 is 0.952 bits per heavy atom. The smallest absolute Gasteiger partial charge is 0.0332 e. The van der Waals surface area contributed by atoms with Gasteiger partial charge in [-0.25, -0.2) is 0 Å². The topological polar surface area (TPSA) is 18.5 Å². The number of hydrogen-bond donors (Lipinski definition) is 1. The van der Waals surface area contributed by atoms with Gasteiger partial charge in [0.1, 0.15) is 0 Å². The molecule has 3 heteroatoms. The highest BCUT2D eigenvalue weighted by atomic mass is 15.3. The summed E-state index contributed by atoms with van der Waals surface area (Å²) in [7, 11) is 0. The van der Waals surface area contributed by atoms with Gasteiger partial charge >= 0.3 is 0 Å². The van der Waals surface area contributed by atoms with Crippen LogP contribution in [0.3, 0.4) is 0 Å². The maximum absolute atomic E-state index is 3.63. The van der Waals surface area contributed by atoms with Crippen LogP contribution in [-0.4, -0.2) is 55.6 Å². The summed E-state index contributed by atoms with van der Waals surface area (Å²) in [5, 5.41) is 3.63. The minimum atomic E-state index is 0.491. The molecule has 0 amide bonds. The van der Waals surface area contributed by atoms with E-state index in [1.165, 1.54) is 57.7 Å². The molecular weight excluding hydrogens is 258 g/mol. The second-order valence-corrected chi connectivity index (χ2v) is 5.99. The normalized spacial score (nSPS) is 18.8. The van der Waals surface area contributed by atoms with Gasteiger partial charge in [-0.3, -0.25) is 0 Å². The van der Waals surface area contributed by atoms with Crippen molar-refractivity contribution >= 4 is 0 Å². The van der Waals surface area contributed by atoms with Crippen molar-refractivity contribution in [2.24, 2.45) is 0 Å². The van der Waals surface area contributed by atoms with Crippen LogP contribution in [0.2, 0.25) is 0 Å². The first-order chi connectivity index (χ1) is 10.3. The van der Waals surface area contributed by atoms with E-state index in [0.29, 0.717) is 6.04 Å². The molecule has 1 heterocycles. The first kappa shape index (κ1) is 16.5. The molecule has 0 saturated carbocycles. The number of rotatable bonds is 8. The molecule has 1 atom stereocenters. The highest BCUT2D eigenvalue weighted by Crippen LogP contribution is 2.17. The zero-order chi connectivity index (χ0) is 14.9. The van der Waals surface area contributed by atoms with Gasteiger partial charge in [0, 0.05) is 38.8 Å². The van der Waals surface area contributed by atoms with Gasteiger partial charge in [0.2, 0.25) is 0 Å². The molecule has 0 radical (unpaired) electrons. The molecule has 2 rings (SSSR count). The van der Waals surface area contributed by atoms with Crippen molar-refractivity contribution in [2.75, 3.05) is 45.8 Å². The fraction of sp³-hybridized carbons (Fsp3) is 0.667. The highest BCUT2D eigenvalue weighted by Gasteiger charge is 2.17. The van der Waals surface area contributed by atoms with Crippen LogP contribution < -0.4 is 5.32 Å². The van der Waals surface area contributed by atoms with Crippen molar-refractivity contribution < 1.29 is 0 Å². The van der Waals surface area contributed by atoms with Crippen LogP contribution in [0.25, 0.3) is 0 Å². The van der Waals surface area contributed by atoms with Crippen molar-refractivity contribution in [1.82, 2.24) is 15.1 Å². The van der Waals surface area contributed by atoms with Gasteiger partial charge in [-0.15, -0.1) is 0 Å². The van der Waals surface area contributed by atoms with E-state index in [2.05, 4.69) is 59.3 Å². The molecule has 0 spiro atoms. The molecule has 1 saturated heterocycles. The Bertz CT molecular complexity index is 371. The number of nitrogens with one attached hydrogen (secondary N) is 1. The Kier molecular flexibility index (Phi) is 7.20. The Balaban J connectivity index is 1.78. The number of hydrogen-bond acceptors (Lipinski definition) is 3. The highest BCUT2D eigenvalue weighted by molar-refractivity contribution is 5.18. The van der Waals surface area contributed by atoms with Crippen molar-refractivity contribution in [3.8, 4) is 0 Å². The van der Waals surface area contributed by atoms with Gasteiger partial charge in [0.05, 0.1) is 0 Å². The summed E-state index contributed by atoms with van der Waals surface area (Å²) >= 11 is 0. The quantitative estimate of drug-likeness (QED) is 0.794. The van der Waals surface area contributed by atoms with Crippen LogP contribution in [0, 0.1) is 0 Å². The maximum atomic E-state index is 3.63.